The number of nitrogens with zero attached hydrogens (tertiary/aromatic N) is 3. The van der Waals surface area contributed by atoms with Crippen LogP contribution in [0.5, 0.6) is 5.75 Å². The lowest BCUT2D eigenvalue weighted by molar-refractivity contribution is 0.307. The van der Waals surface area contributed by atoms with E-state index in [1.807, 2.05) is 31.2 Å². The number of aryl methyl sites for hydroxylation is 2. The number of halogens is 2. The van der Waals surface area contributed by atoms with Gasteiger partial charge in [-0.15, -0.1) is 16.8 Å². The molecule has 152 valence electrons. The largest absolute Gasteiger partial charge is 0.493 e. The Labute approximate surface area is 179 Å². The first-order valence-corrected chi connectivity index (χ1v) is 10.7. The second-order valence-corrected chi connectivity index (χ2v) is 7.95. The molecule has 2 aromatic carbocycles. The van der Waals surface area contributed by atoms with Gasteiger partial charge in [0.1, 0.15) is 17.4 Å². The highest BCUT2D eigenvalue weighted by molar-refractivity contribution is 7.98. The van der Waals surface area contributed by atoms with Crippen molar-refractivity contribution in [3.8, 4) is 5.75 Å². The van der Waals surface area contributed by atoms with E-state index in [2.05, 4.69) is 21.3 Å². The standard InChI is InChI=1S/C22H23ClFN3OS/c1-3-12-27-21(5-4-13-28-20-11-8-18(23)14-16(20)2)25-26-22(27)29-15-17-6-9-19(24)10-7-17/h3,6-11,14H,1,4-5,12-13,15H2,2H3. The van der Waals surface area contributed by atoms with Crippen molar-refractivity contribution in [3.63, 3.8) is 0 Å². The van der Waals surface area contributed by atoms with Gasteiger partial charge >= 0.3 is 0 Å². The normalized spacial score (nSPS) is 10.9. The van der Waals surface area contributed by atoms with Crippen LogP contribution in [0.4, 0.5) is 4.39 Å². The van der Waals surface area contributed by atoms with E-state index in [9.17, 15) is 4.39 Å². The van der Waals surface area contributed by atoms with E-state index >= 15 is 0 Å². The first-order valence-electron chi connectivity index (χ1n) is 9.36. The van der Waals surface area contributed by atoms with Crippen molar-refractivity contribution >= 4 is 23.4 Å². The Bertz CT molecular complexity index is 959. The molecule has 0 aliphatic rings. The number of allylic oxidation sites excluding steroid dienone is 1. The number of thioether (sulfide) groups is 1. The second kappa shape index (κ2) is 10.5. The molecular formula is C22H23ClFN3OS. The zero-order chi connectivity index (χ0) is 20.6. The molecule has 0 radical (unpaired) electrons. The molecule has 0 saturated carbocycles. The number of benzene rings is 2. The van der Waals surface area contributed by atoms with E-state index in [1.54, 1.807) is 23.9 Å². The van der Waals surface area contributed by atoms with Gasteiger partial charge in [-0.3, -0.25) is 0 Å². The van der Waals surface area contributed by atoms with Gasteiger partial charge in [0.05, 0.1) is 6.61 Å². The SMILES string of the molecule is C=CCn1c(CCCOc2ccc(Cl)cc2C)nnc1SCc1ccc(F)cc1. The highest BCUT2D eigenvalue weighted by Crippen LogP contribution is 2.24. The molecule has 1 heterocycles. The summed E-state index contributed by atoms with van der Waals surface area (Å²) in [7, 11) is 0. The Morgan fingerprint density at radius 1 is 1.21 bits per heavy atom. The predicted molar refractivity (Wildman–Crippen MR) is 116 cm³/mol. The van der Waals surface area contributed by atoms with E-state index in [4.69, 9.17) is 16.3 Å². The van der Waals surface area contributed by atoms with Gasteiger partial charge in [0, 0.05) is 23.7 Å². The molecule has 0 bridgehead atoms. The summed E-state index contributed by atoms with van der Waals surface area (Å²) >= 11 is 7.56. The van der Waals surface area contributed by atoms with Crippen LogP contribution in [0.25, 0.3) is 0 Å². The lowest BCUT2D eigenvalue weighted by Gasteiger charge is -2.10. The molecule has 4 nitrogen and oxygen atoms in total. The third-order valence-corrected chi connectivity index (χ3v) is 5.60. The molecule has 0 spiro atoms. The van der Waals surface area contributed by atoms with Gasteiger partial charge in [0.2, 0.25) is 0 Å². The minimum Gasteiger partial charge on any atom is -0.493 e. The lowest BCUT2D eigenvalue weighted by atomic mass is 10.2. The maximum Gasteiger partial charge on any atom is 0.191 e. The van der Waals surface area contributed by atoms with Crippen LogP contribution in [0.3, 0.4) is 0 Å². The van der Waals surface area contributed by atoms with E-state index in [0.29, 0.717) is 23.9 Å². The summed E-state index contributed by atoms with van der Waals surface area (Å²) in [6.07, 6.45) is 3.41. The Balaban J connectivity index is 1.56. The van der Waals surface area contributed by atoms with E-state index in [0.717, 1.165) is 40.7 Å². The van der Waals surface area contributed by atoms with Crippen LogP contribution in [0.1, 0.15) is 23.4 Å². The monoisotopic (exact) mass is 431 g/mol. The molecule has 0 fully saturated rings. The van der Waals surface area contributed by atoms with Crippen LogP contribution in [-0.2, 0) is 18.7 Å². The predicted octanol–water partition coefficient (Wildman–Crippen LogP) is 5.87. The van der Waals surface area contributed by atoms with Crippen LogP contribution < -0.4 is 4.74 Å². The summed E-state index contributed by atoms with van der Waals surface area (Å²) in [5.74, 6) is 2.22. The molecule has 7 heteroatoms. The number of hydrogen-bond donors (Lipinski definition) is 0. The van der Waals surface area contributed by atoms with Gasteiger partial charge in [-0.25, -0.2) is 4.39 Å². The van der Waals surface area contributed by atoms with Crippen molar-refractivity contribution in [2.75, 3.05) is 6.61 Å². The minimum atomic E-state index is -0.230. The van der Waals surface area contributed by atoms with Crippen molar-refractivity contribution in [3.05, 3.63) is 82.9 Å². The Hall–Kier alpha value is -2.31. The zero-order valence-corrected chi connectivity index (χ0v) is 17.8. The molecule has 3 rings (SSSR count). The Morgan fingerprint density at radius 2 is 2.00 bits per heavy atom. The van der Waals surface area contributed by atoms with Crippen molar-refractivity contribution in [2.24, 2.45) is 0 Å². The van der Waals surface area contributed by atoms with Gasteiger partial charge in [-0.05, 0) is 54.8 Å². The summed E-state index contributed by atoms with van der Waals surface area (Å²) < 4.78 is 21.0. The van der Waals surface area contributed by atoms with Gasteiger partial charge in [0.15, 0.2) is 5.16 Å². The molecule has 0 atom stereocenters. The molecule has 0 aliphatic heterocycles. The average molecular weight is 432 g/mol. The summed E-state index contributed by atoms with van der Waals surface area (Å²) in [5, 5.41) is 10.2. The number of ether oxygens (including phenoxy) is 1. The fraction of sp³-hybridized carbons (Fsp3) is 0.273. The maximum absolute atomic E-state index is 13.1. The molecule has 1 aromatic heterocycles. The van der Waals surface area contributed by atoms with Gasteiger partial charge < -0.3 is 9.30 Å². The zero-order valence-electron chi connectivity index (χ0n) is 16.3. The molecule has 0 aliphatic carbocycles. The minimum absolute atomic E-state index is 0.230. The van der Waals surface area contributed by atoms with E-state index < -0.39 is 0 Å². The number of hydrogen-bond acceptors (Lipinski definition) is 4. The molecule has 0 amide bonds. The summed E-state index contributed by atoms with van der Waals surface area (Å²) in [6.45, 7) is 7.04. The molecule has 29 heavy (non-hydrogen) atoms. The van der Waals surface area contributed by atoms with E-state index in [-0.39, 0.29) is 5.82 Å². The van der Waals surface area contributed by atoms with E-state index in [1.165, 1.54) is 12.1 Å². The molecule has 0 saturated heterocycles. The highest BCUT2D eigenvalue weighted by atomic mass is 35.5. The number of aromatic nitrogens is 3. The van der Waals surface area contributed by atoms with Crippen LogP contribution >= 0.6 is 23.4 Å². The third kappa shape index (κ3) is 6.08. The van der Waals surface area contributed by atoms with Crippen molar-refractivity contribution in [2.45, 2.75) is 37.2 Å². The summed E-state index contributed by atoms with van der Waals surface area (Å²) in [6, 6.07) is 12.1. The van der Waals surface area contributed by atoms with Crippen LogP contribution in [0.2, 0.25) is 5.02 Å². The molecule has 3 aromatic rings. The molecule has 0 unspecified atom stereocenters. The summed E-state index contributed by atoms with van der Waals surface area (Å²) in [5.41, 5.74) is 2.06. The van der Waals surface area contributed by atoms with Crippen LogP contribution in [-0.4, -0.2) is 21.4 Å². The lowest BCUT2D eigenvalue weighted by Crippen LogP contribution is -2.07. The topological polar surface area (TPSA) is 39.9 Å². The Morgan fingerprint density at radius 3 is 2.72 bits per heavy atom. The first kappa shape index (κ1) is 21.4. The average Bonchev–Trinajstić information content (AvgIpc) is 3.08. The maximum atomic E-state index is 13.1. The van der Waals surface area contributed by atoms with Gasteiger partial charge in [-0.1, -0.05) is 41.6 Å². The second-order valence-electron chi connectivity index (χ2n) is 6.58. The fourth-order valence-electron chi connectivity index (χ4n) is 2.84. The van der Waals surface area contributed by atoms with Crippen molar-refractivity contribution < 1.29 is 9.13 Å². The highest BCUT2D eigenvalue weighted by Gasteiger charge is 2.12. The van der Waals surface area contributed by atoms with Crippen molar-refractivity contribution in [1.82, 2.24) is 14.8 Å². The summed E-state index contributed by atoms with van der Waals surface area (Å²) in [4.78, 5) is 0. The first-order chi connectivity index (χ1) is 14.1. The van der Waals surface area contributed by atoms with Crippen LogP contribution in [0, 0.1) is 12.7 Å². The molecular weight excluding hydrogens is 409 g/mol. The van der Waals surface area contributed by atoms with Crippen LogP contribution in [0.15, 0.2) is 60.3 Å². The molecule has 0 N–H and O–H groups in total. The number of rotatable bonds is 10. The fourth-order valence-corrected chi connectivity index (χ4v) is 3.99. The van der Waals surface area contributed by atoms with Gasteiger partial charge in [-0.2, -0.15) is 0 Å². The smallest absolute Gasteiger partial charge is 0.191 e. The Kier molecular flexibility index (Phi) is 7.72. The van der Waals surface area contributed by atoms with Gasteiger partial charge in [0.25, 0.3) is 0 Å². The third-order valence-electron chi connectivity index (χ3n) is 4.33. The quantitative estimate of drug-likeness (QED) is 0.228. The van der Waals surface area contributed by atoms with Crippen molar-refractivity contribution in [1.29, 1.82) is 0 Å².